The van der Waals surface area contributed by atoms with Crippen LogP contribution in [-0.2, 0) is 19.1 Å². The van der Waals surface area contributed by atoms with E-state index in [0.717, 1.165) is 22.3 Å². The number of carbonyl (C=O) groups excluding carboxylic acids is 2. The molecule has 1 saturated carbocycles. The first-order valence-corrected chi connectivity index (χ1v) is 11.4. The highest BCUT2D eigenvalue weighted by Gasteiger charge is 2.69. The van der Waals surface area contributed by atoms with Crippen molar-refractivity contribution in [3.63, 3.8) is 0 Å². The molecule has 178 valence electrons. The lowest BCUT2D eigenvalue weighted by atomic mass is 9.63. The predicted molar refractivity (Wildman–Crippen MR) is 123 cm³/mol. The van der Waals surface area contributed by atoms with Crippen LogP contribution < -0.4 is 5.32 Å². The molecule has 2 aromatic rings. The fourth-order valence-corrected chi connectivity index (χ4v) is 6.02. The van der Waals surface area contributed by atoms with E-state index in [9.17, 15) is 19.5 Å². The summed E-state index contributed by atoms with van der Waals surface area (Å²) in [6.07, 6.45) is -0.753. The molecule has 3 fully saturated rings. The first-order chi connectivity index (χ1) is 16.3. The zero-order chi connectivity index (χ0) is 24.1. The Morgan fingerprint density at radius 1 is 1.09 bits per heavy atom. The van der Waals surface area contributed by atoms with Gasteiger partial charge < -0.3 is 24.8 Å². The molecule has 2 bridgehead atoms. The van der Waals surface area contributed by atoms with Crippen molar-refractivity contribution in [1.29, 1.82) is 0 Å². The van der Waals surface area contributed by atoms with Crippen LogP contribution in [0.4, 0.5) is 4.79 Å². The van der Waals surface area contributed by atoms with E-state index in [4.69, 9.17) is 9.47 Å². The summed E-state index contributed by atoms with van der Waals surface area (Å²) >= 11 is 0. The summed E-state index contributed by atoms with van der Waals surface area (Å²) in [7, 11) is 1.37. The van der Waals surface area contributed by atoms with Crippen LogP contribution in [0.1, 0.15) is 36.8 Å². The number of aliphatic carboxylic acids is 1. The van der Waals surface area contributed by atoms with E-state index in [1.54, 1.807) is 0 Å². The normalized spacial score (nSPS) is 25.2. The van der Waals surface area contributed by atoms with Crippen molar-refractivity contribution in [2.45, 2.75) is 37.3 Å². The summed E-state index contributed by atoms with van der Waals surface area (Å²) in [6, 6.07) is 16.1. The molecule has 2 aliphatic heterocycles. The van der Waals surface area contributed by atoms with Gasteiger partial charge in [-0.3, -0.25) is 4.79 Å². The second kappa shape index (κ2) is 8.13. The average molecular weight is 465 g/mol. The number of ether oxygens (including phenoxy) is 2. The lowest BCUT2D eigenvalue weighted by Crippen LogP contribution is -2.59. The van der Waals surface area contributed by atoms with Crippen molar-refractivity contribution in [2.24, 2.45) is 5.41 Å². The Kier molecular flexibility index (Phi) is 5.36. The van der Waals surface area contributed by atoms with Crippen molar-refractivity contribution in [3.8, 4) is 11.1 Å². The van der Waals surface area contributed by atoms with Gasteiger partial charge in [0.05, 0.1) is 6.54 Å². The Balaban J connectivity index is 1.20. The van der Waals surface area contributed by atoms with Gasteiger partial charge in [0.25, 0.3) is 5.91 Å². The molecule has 2 heterocycles. The number of rotatable bonds is 7. The molecule has 2 aliphatic carbocycles. The third kappa shape index (κ3) is 3.44. The van der Waals surface area contributed by atoms with Crippen molar-refractivity contribution in [3.05, 3.63) is 59.7 Å². The highest BCUT2D eigenvalue weighted by molar-refractivity contribution is 5.92. The molecule has 2 aromatic carbocycles. The molecule has 2 N–H and O–H groups in total. The van der Waals surface area contributed by atoms with Crippen LogP contribution in [0.15, 0.2) is 48.5 Å². The summed E-state index contributed by atoms with van der Waals surface area (Å²) in [5.74, 6) is -1.48. The fourth-order valence-electron chi connectivity index (χ4n) is 6.02. The van der Waals surface area contributed by atoms with E-state index >= 15 is 0 Å². The molecule has 1 unspecified atom stereocenters. The molecule has 0 aromatic heterocycles. The maximum absolute atomic E-state index is 13.1. The number of nitrogens with zero attached hydrogens (tertiary/aromatic N) is 1. The Bertz CT molecular complexity index is 1110. The number of amides is 2. The summed E-state index contributed by atoms with van der Waals surface area (Å²) in [4.78, 5) is 38.8. The summed E-state index contributed by atoms with van der Waals surface area (Å²) < 4.78 is 10.8. The molecule has 4 aliphatic rings. The average Bonchev–Trinajstić information content (AvgIpc) is 3.41. The largest absolute Gasteiger partial charge is 0.479 e. The lowest BCUT2D eigenvalue weighted by Gasteiger charge is -2.43. The summed E-state index contributed by atoms with van der Waals surface area (Å²) in [5, 5.41) is 12.3. The van der Waals surface area contributed by atoms with Gasteiger partial charge in [0, 0.05) is 19.6 Å². The van der Waals surface area contributed by atoms with Crippen LogP contribution in [0.2, 0.25) is 0 Å². The number of carboxylic acids is 1. The Labute approximate surface area is 197 Å². The minimum atomic E-state index is -1.16. The smallest absolute Gasteiger partial charge is 0.407 e. The maximum Gasteiger partial charge on any atom is 0.407 e. The lowest BCUT2D eigenvalue weighted by molar-refractivity contribution is -0.163. The highest BCUT2D eigenvalue weighted by atomic mass is 16.5. The number of methoxy groups -OCH3 is 1. The third-order valence-electron chi connectivity index (χ3n) is 7.49. The number of carboxylic acid groups (broad SMARTS) is 1. The van der Waals surface area contributed by atoms with Crippen LogP contribution in [0.5, 0.6) is 0 Å². The number of nitrogens with one attached hydrogen (secondary N) is 1. The molecule has 6 rings (SSSR count). The van der Waals surface area contributed by atoms with E-state index in [2.05, 4.69) is 17.4 Å². The van der Waals surface area contributed by atoms with E-state index in [0.29, 0.717) is 19.4 Å². The van der Waals surface area contributed by atoms with Crippen molar-refractivity contribution in [2.75, 3.05) is 26.8 Å². The van der Waals surface area contributed by atoms with Crippen molar-refractivity contribution in [1.82, 2.24) is 10.2 Å². The van der Waals surface area contributed by atoms with Gasteiger partial charge in [-0.25, -0.2) is 9.59 Å². The second-order valence-corrected chi connectivity index (χ2v) is 9.86. The number of benzene rings is 2. The zero-order valence-corrected chi connectivity index (χ0v) is 19.2. The molecule has 0 radical (unpaired) electrons. The number of carbonyl (C=O) groups is 3. The van der Waals surface area contributed by atoms with Gasteiger partial charge in [0.2, 0.25) is 0 Å². The van der Waals surface area contributed by atoms with Crippen LogP contribution in [0, 0.1) is 5.41 Å². The molecule has 34 heavy (non-hydrogen) atoms. The van der Waals surface area contributed by atoms with Crippen LogP contribution >= 0.6 is 0 Å². The molecule has 0 spiro atoms. The van der Waals surface area contributed by atoms with Crippen molar-refractivity contribution >= 4 is 18.0 Å². The monoisotopic (exact) mass is 464 g/mol. The minimum absolute atomic E-state index is 0.0643. The molecule has 2 amide bonds. The Morgan fingerprint density at radius 2 is 1.68 bits per heavy atom. The first-order valence-electron chi connectivity index (χ1n) is 11.4. The van der Waals surface area contributed by atoms with Gasteiger partial charge in [0.15, 0.2) is 6.10 Å². The van der Waals surface area contributed by atoms with Gasteiger partial charge in [-0.15, -0.1) is 0 Å². The van der Waals surface area contributed by atoms with Crippen LogP contribution in [0.3, 0.4) is 0 Å². The van der Waals surface area contributed by atoms with Crippen LogP contribution in [0.25, 0.3) is 11.1 Å². The predicted octanol–water partition coefficient (Wildman–Crippen LogP) is 3.01. The molecule has 2 saturated heterocycles. The Morgan fingerprint density at radius 3 is 2.24 bits per heavy atom. The first kappa shape index (κ1) is 22.4. The summed E-state index contributed by atoms with van der Waals surface area (Å²) in [6.45, 7) is 2.42. The molecular formula is C26H28N2O6. The standard InChI is InChI=1S/C26H28N2O6/c1-25-13-26(14-25,23(30)31)28(15-25)22(29)21(33-2)11-27-24(32)34-12-20-18-9-5-3-7-16(18)17-8-4-6-10-19(17)20/h3-10,20-21H,11-15H2,1-2H3,(H,27,32)(H,30,31). The fraction of sp³-hybridized carbons (Fsp3) is 0.423. The zero-order valence-electron chi connectivity index (χ0n) is 19.2. The highest BCUT2D eigenvalue weighted by Crippen LogP contribution is 2.59. The van der Waals surface area contributed by atoms with E-state index in [1.165, 1.54) is 12.0 Å². The molecule has 1 atom stereocenters. The topological polar surface area (TPSA) is 105 Å². The summed E-state index contributed by atoms with van der Waals surface area (Å²) in [5.41, 5.74) is 3.17. The van der Waals surface area contributed by atoms with E-state index < -0.39 is 29.6 Å². The molecule has 8 heteroatoms. The second-order valence-electron chi connectivity index (χ2n) is 9.86. The Hall–Kier alpha value is -3.39. The van der Waals surface area contributed by atoms with Gasteiger partial charge in [-0.2, -0.15) is 0 Å². The maximum atomic E-state index is 13.1. The van der Waals surface area contributed by atoms with Crippen LogP contribution in [-0.4, -0.2) is 66.4 Å². The molecular weight excluding hydrogens is 436 g/mol. The number of fused-ring (bicyclic) bond motifs is 4. The minimum Gasteiger partial charge on any atom is -0.479 e. The number of hydrogen-bond donors (Lipinski definition) is 2. The third-order valence-corrected chi connectivity index (χ3v) is 7.49. The van der Waals surface area contributed by atoms with Gasteiger partial charge in [-0.1, -0.05) is 55.5 Å². The van der Waals surface area contributed by atoms with Crippen molar-refractivity contribution < 1.29 is 29.0 Å². The van der Waals surface area contributed by atoms with E-state index in [1.807, 2.05) is 43.3 Å². The van der Waals surface area contributed by atoms with E-state index in [-0.39, 0.29) is 24.5 Å². The van der Waals surface area contributed by atoms with Gasteiger partial charge >= 0.3 is 12.1 Å². The quantitative estimate of drug-likeness (QED) is 0.653. The number of hydrogen-bond acceptors (Lipinski definition) is 5. The molecule has 8 nitrogen and oxygen atoms in total. The SMILES string of the molecule is COC(CNC(=O)OCC1c2ccccc2-c2ccccc21)C(=O)N1CC2(C)CC1(C(=O)O)C2. The van der Waals surface area contributed by atoms with Gasteiger partial charge in [-0.05, 0) is 40.5 Å². The number of alkyl carbamates (subject to hydrolysis) is 1. The van der Waals surface area contributed by atoms with Gasteiger partial charge in [0.1, 0.15) is 12.1 Å².